The fourth-order valence-electron chi connectivity index (χ4n) is 2.94. The average Bonchev–Trinajstić information content (AvgIpc) is 2.31. The van der Waals surface area contributed by atoms with Crippen LogP contribution in [0.5, 0.6) is 0 Å². The number of aliphatic hydroxyl groups is 1. The first-order valence-electron chi connectivity index (χ1n) is 6.97. The Morgan fingerprint density at radius 3 is 2.33 bits per heavy atom. The van der Waals surface area contributed by atoms with E-state index in [9.17, 15) is 5.11 Å². The number of hydrogen-bond donors (Lipinski definition) is 1. The molecule has 1 saturated carbocycles. The van der Waals surface area contributed by atoms with Crippen LogP contribution in [0.1, 0.15) is 71.6 Å². The lowest BCUT2D eigenvalue weighted by atomic mass is 9.78. The number of unbranched alkanes of at least 4 members (excludes halogenated alkanes) is 1. The molecule has 2 unspecified atom stereocenters. The second-order valence-corrected chi connectivity index (χ2v) is 5.20. The summed E-state index contributed by atoms with van der Waals surface area (Å²) in [7, 11) is 0. The minimum absolute atomic E-state index is 0.0122. The van der Waals surface area contributed by atoms with E-state index in [1.807, 2.05) is 0 Å². The standard InChI is InChI=1S/C14H28O/c1-3-5-9-12(4-2)14(15)13-10-7-6-8-11-13/h12-15H,3-11H2,1-2H3. The Balaban J connectivity index is 2.36. The van der Waals surface area contributed by atoms with Crippen molar-refractivity contribution in [2.24, 2.45) is 11.8 Å². The minimum atomic E-state index is -0.0122. The predicted octanol–water partition coefficient (Wildman–Crippen LogP) is 4.14. The zero-order chi connectivity index (χ0) is 11.1. The highest BCUT2D eigenvalue weighted by Gasteiger charge is 2.27. The lowest BCUT2D eigenvalue weighted by Gasteiger charge is -2.32. The quantitative estimate of drug-likeness (QED) is 0.701. The van der Waals surface area contributed by atoms with E-state index in [1.54, 1.807) is 0 Å². The van der Waals surface area contributed by atoms with Crippen LogP contribution in [-0.2, 0) is 0 Å². The van der Waals surface area contributed by atoms with Crippen molar-refractivity contribution in [3.63, 3.8) is 0 Å². The molecule has 0 aromatic carbocycles. The van der Waals surface area contributed by atoms with Gasteiger partial charge in [-0.2, -0.15) is 0 Å². The van der Waals surface area contributed by atoms with Gasteiger partial charge in [-0.25, -0.2) is 0 Å². The summed E-state index contributed by atoms with van der Waals surface area (Å²) in [5, 5.41) is 10.4. The van der Waals surface area contributed by atoms with Crippen LogP contribution >= 0.6 is 0 Å². The lowest BCUT2D eigenvalue weighted by Crippen LogP contribution is -2.30. The average molecular weight is 212 g/mol. The molecular formula is C14H28O. The fourth-order valence-corrected chi connectivity index (χ4v) is 2.94. The third-order valence-electron chi connectivity index (χ3n) is 4.07. The number of aliphatic hydroxyl groups excluding tert-OH is 1. The Morgan fingerprint density at radius 2 is 1.80 bits per heavy atom. The van der Waals surface area contributed by atoms with Gasteiger partial charge >= 0.3 is 0 Å². The summed E-state index contributed by atoms with van der Waals surface area (Å²) in [6.45, 7) is 4.46. The molecule has 15 heavy (non-hydrogen) atoms. The molecule has 2 atom stereocenters. The molecule has 1 heteroatoms. The zero-order valence-corrected chi connectivity index (χ0v) is 10.5. The van der Waals surface area contributed by atoms with Crippen molar-refractivity contribution in [3.8, 4) is 0 Å². The Morgan fingerprint density at radius 1 is 1.13 bits per heavy atom. The number of rotatable bonds is 6. The van der Waals surface area contributed by atoms with Crippen LogP contribution in [0.2, 0.25) is 0 Å². The molecule has 1 aliphatic carbocycles. The Hall–Kier alpha value is -0.0400. The lowest BCUT2D eigenvalue weighted by molar-refractivity contribution is 0.0274. The van der Waals surface area contributed by atoms with Crippen molar-refractivity contribution in [2.75, 3.05) is 0 Å². The van der Waals surface area contributed by atoms with Crippen molar-refractivity contribution in [3.05, 3.63) is 0 Å². The van der Waals surface area contributed by atoms with Gasteiger partial charge in [0, 0.05) is 0 Å². The summed E-state index contributed by atoms with van der Waals surface area (Å²) in [6.07, 6.45) is 11.5. The second-order valence-electron chi connectivity index (χ2n) is 5.20. The summed E-state index contributed by atoms with van der Waals surface area (Å²) in [5.41, 5.74) is 0. The van der Waals surface area contributed by atoms with Gasteiger partial charge in [-0.3, -0.25) is 0 Å². The van der Waals surface area contributed by atoms with Gasteiger partial charge < -0.3 is 5.11 Å². The van der Waals surface area contributed by atoms with Gasteiger partial charge in [0.15, 0.2) is 0 Å². The van der Waals surface area contributed by atoms with Crippen LogP contribution in [-0.4, -0.2) is 11.2 Å². The molecule has 0 aliphatic heterocycles. The maximum atomic E-state index is 10.4. The van der Waals surface area contributed by atoms with E-state index in [2.05, 4.69) is 13.8 Å². The largest absolute Gasteiger partial charge is 0.393 e. The molecule has 0 radical (unpaired) electrons. The second kappa shape index (κ2) is 7.27. The van der Waals surface area contributed by atoms with Crippen LogP contribution in [0.15, 0.2) is 0 Å². The molecular weight excluding hydrogens is 184 g/mol. The highest BCUT2D eigenvalue weighted by Crippen LogP contribution is 2.32. The molecule has 0 bridgehead atoms. The smallest absolute Gasteiger partial charge is 0.0596 e. The third kappa shape index (κ3) is 4.14. The van der Waals surface area contributed by atoms with Gasteiger partial charge in [0.1, 0.15) is 0 Å². The molecule has 0 amide bonds. The summed E-state index contributed by atoms with van der Waals surface area (Å²) in [5.74, 6) is 1.17. The van der Waals surface area contributed by atoms with E-state index < -0.39 is 0 Å². The molecule has 1 fully saturated rings. The molecule has 0 saturated heterocycles. The highest BCUT2D eigenvalue weighted by molar-refractivity contribution is 4.78. The van der Waals surface area contributed by atoms with Gasteiger partial charge in [-0.1, -0.05) is 52.4 Å². The molecule has 90 valence electrons. The normalized spacial score (nSPS) is 22.6. The minimum Gasteiger partial charge on any atom is -0.393 e. The van der Waals surface area contributed by atoms with E-state index >= 15 is 0 Å². The van der Waals surface area contributed by atoms with E-state index in [1.165, 1.54) is 51.4 Å². The van der Waals surface area contributed by atoms with E-state index in [0.29, 0.717) is 11.8 Å². The van der Waals surface area contributed by atoms with Gasteiger partial charge in [-0.05, 0) is 31.1 Å². The Bertz CT molecular complexity index is 149. The Labute approximate surface area is 95.3 Å². The monoisotopic (exact) mass is 212 g/mol. The molecule has 1 rings (SSSR count). The molecule has 0 aromatic heterocycles. The van der Waals surface area contributed by atoms with Gasteiger partial charge in [0.25, 0.3) is 0 Å². The molecule has 0 aromatic rings. The summed E-state index contributed by atoms with van der Waals surface area (Å²) < 4.78 is 0. The van der Waals surface area contributed by atoms with Gasteiger partial charge in [-0.15, -0.1) is 0 Å². The fraction of sp³-hybridized carbons (Fsp3) is 1.00. The van der Waals surface area contributed by atoms with Crippen LogP contribution in [0, 0.1) is 11.8 Å². The first-order valence-corrected chi connectivity index (χ1v) is 6.97. The highest BCUT2D eigenvalue weighted by atomic mass is 16.3. The molecule has 1 aliphatic rings. The van der Waals surface area contributed by atoms with Crippen LogP contribution in [0.25, 0.3) is 0 Å². The first kappa shape index (κ1) is 13.0. The molecule has 0 heterocycles. The summed E-state index contributed by atoms with van der Waals surface area (Å²) >= 11 is 0. The summed E-state index contributed by atoms with van der Waals surface area (Å²) in [6, 6.07) is 0. The number of hydrogen-bond acceptors (Lipinski definition) is 1. The summed E-state index contributed by atoms with van der Waals surface area (Å²) in [4.78, 5) is 0. The SMILES string of the molecule is CCCCC(CC)C(O)C1CCCCC1. The first-order chi connectivity index (χ1) is 7.29. The van der Waals surface area contributed by atoms with Crippen molar-refractivity contribution >= 4 is 0 Å². The van der Waals surface area contributed by atoms with E-state index in [4.69, 9.17) is 0 Å². The third-order valence-corrected chi connectivity index (χ3v) is 4.07. The van der Waals surface area contributed by atoms with Crippen molar-refractivity contribution in [2.45, 2.75) is 77.7 Å². The molecule has 0 spiro atoms. The van der Waals surface area contributed by atoms with Crippen molar-refractivity contribution in [1.82, 2.24) is 0 Å². The van der Waals surface area contributed by atoms with E-state index in [0.717, 1.165) is 6.42 Å². The van der Waals surface area contributed by atoms with Crippen LogP contribution in [0.4, 0.5) is 0 Å². The zero-order valence-electron chi connectivity index (χ0n) is 10.5. The molecule has 1 nitrogen and oxygen atoms in total. The van der Waals surface area contributed by atoms with E-state index in [-0.39, 0.29) is 6.10 Å². The van der Waals surface area contributed by atoms with Crippen LogP contribution < -0.4 is 0 Å². The van der Waals surface area contributed by atoms with Crippen molar-refractivity contribution in [1.29, 1.82) is 0 Å². The molecule has 1 N–H and O–H groups in total. The van der Waals surface area contributed by atoms with Crippen LogP contribution in [0.3, 0.4) is 0 Å². The maximum absolute atomic E-state index is 10.4. The van der Waals surface area contributed by atoms with Gasteiger partial charge in [0.2, 0.25) is 0 Å². The van der Waals surface area contributed by atoms with Crippen molar-refractivity contribution < 1.29 is 5.11 Å². The Kier molecular flexibility index (Phi) is 6.31. The topological polar surface area (TPSA) is 20.2 Å². The predicted molar refractivity (Wildman–Crippen MR) is 65.9 cm³/mol. The van der Waals surface area contributed by atoms with Gasteiger partial charge in [0.05, 0.1) is 6.10 Å². The maximum Gasteiger partial charge on any atom is 0.0596 e.